The second-order valence-electron chi connectivity index (χ2n) is 5.96. The standard InChI is InChI=1S/C16H29N3O4S2/c1-3-5-12-19(13-6-4-2)14-11-18-25(22,23)16-9-7-15(8-10-16)24(17,20)21/h7-10,18H,3-6,11-14H2,1-2H3,(H2,17,20,21). The zero-order chi connectivity index (χ0) is 18.9. The van der Waals surface area contributed by atoms with E-state index in [1.165, 1.54) is 24.3 Å². The highest BCUT2D eigenvalue weighted by atomic mass is 32.2. The molecule has 1 rings (SSSR count). The molecule has 0 fully saturated rings. The van der Waals surface area contributed by atoms with Gasteiger partial charge in [0.15, 0.2) is 0 Å². The van der Waals surface area contributed by atoms with Crippen molar-refractivity contribution in [3.63, 3.8) is 0 Å². The number of sulfonamides is 2. The fourth-order valence-electron chi connectivity index (χ4n) is 2.33. The van der Waals surface area contributed by atoms with Gasteiger partial charge in [-0.15, -0.1) is 0 Å². The van der Waals surface area contributed by atoms with Crippen LogP contribution in [0.2, 0.25) is 0 Å². The Balaban J connectivity index is 2.64. The van der Waals surface area contributed by atoms with Crippen molar-refractivity contribution in [1.29, 1.82) is 0 Å². The second kappa shape index (κ2) is 10.2. The second-order valence-corrected chi connectivity index (χ2v) is 9.29. The fourth-order valence-corrected chi connectivity index (χ4v) is 3.87. The summed E-state index contributed by atoms with van der Waals surface area (Å²) in [6.07, 6.45) is 4.38. The summed E-state index contributed by atoms with van der Waals surface area (Å²) in [6, 6.07) is 4.87. The molecular formula is C16H29N3O4S2. The summed E-state index contributed by atoms with van der Waals surface area (Å²) in [7, 11) is -7.50. The molecule has 0 saturated carbocycles. The Labute approximate surface area is 151 Å². The van der Waals surface area contributed by atoms with E-state index in [1.54, 1.807) is 0 Å². The van der Waals surface area contributed by atoms with Crippen LogP contribution < -0.4 is 9.86 Å². The highest BCUT2D eigenvalue weighted by Gasteiger charge is 2.16. The number of primary sulfonamides is 1. The molecule has 0 saturated heterocycles. The van der Waals surface area contributed by atoms with Crippen LogP contribution in [-0.4, -0.2) is 47.9 Å². The molecule has 0 amide bonds. The smallest absolute Gasteiger partial charge is 0.240 e. The quantitative estimate of drug-likeness (QED) is 0.561. The third-order valence-electron chi connectivity index (χ3n) is 3.84. The molecule has 0 aliphatic heterocycles. The lowest BCUT2D eigenvalue weighted by Gasteiger charge is -2.22. The number of hydrogen-bond acceptors (Lipinski definition) is 5. The monoisotopic (exact) mass is 391 g/mol. The van der Waals surface area contributed by atoms with Gasteiger partial charge in [0, 0.05) is 13.1 Å². The fraction of sp³-hybridized carbons (Fsp3) is 0.625. The van der Waals surface area contributed by atoms with E-state index in [2.05, 4.69) is 23.5 Å². The Hall–Kier alpha value is -1.00. The van der Waals surface area contributed by atoms with Gasteiger partial charge in [-0.3, -0.25) is 0 Å². The molecule has 9 heteroatoms. The van der Waals surface area contributed by atoms with E-state index < -0.39 is 20.0 Å². The van der Waals surface area contributed by atoms with Gasteiger partial charge < -0.3 is 4.90 Å². The van der Waals surface area contributed by atoms with Crippen LogP contribution in [0.3, 0.4) is 0 Å². The molecule has 1 aromatic carbocycles. The zero-order valence-corrected chi connectivity index (χ0v) is 16.6. The molecule has 0 aromatic heterocycles. The highest BCUT2D eigenvalue weighted by Crippen LogP contribution is 2.13. The van der Waals surface area contributed by atoms with E-state index in [0.29, 0.717) is 13.1 Å². The number of nitrogens with two attached hydrogens (primary N) is 1. The summed E-state index contributed by atoms with van der Waals surface area (Å²) in [4.78, 5) is 2.17. The van der Waals surface area contributed by atoms with E-state index >= 15 is 0 Å². The maximum absolute atomic E-state index is 12.3. The lowest BCUT2D eigenvalue weighted by molar-refractivity contribution is 0.269. The largest absolute Gasteiger partial charge is 0.302 e. The summed E-state index contributed by atoms with van der Waals surface area (Å²) in [5.74, 6) is 0. The number of unbranched alkanes of at least 4 members (excludes halogenated alkanes) is 2. The average Bonchev–Trinajstić information content (AvgIpc) is 2.56. The molecule has 0 aliphatic rings. The van der Waals surface area contributed by atoms with Crippen LogP contribution in [0.4, 0.5) is 0 Å². The number of nitrogens with zero attached hydrogens (tertiary/aromatic N) is 1. The molecule has 144 valence electrons. The van der Waals surface area contributed by atoms with Crippen LogP contribution in [0.15, 0.2) is 34.1 Å². The van der Waals surface area contributed by atoms with Crippen LogP contribution in [0.1, 0.15) is 39.5 Å². The first-order valence-corrected chi connectivity index (χ1v) is 11.6. The van der Waals surface area contributed by atoms with Gasteiger partial charge in [0.25, 0.3) is 0 Å². The first-order chi connectivity index (χ1) is 11.7. The van der Waals surface area contributed by atoms with Crippen molar-refractivity contribution in [1.82, 2.24) is 9.62 Å². The number of rotatable bonds is 12. The zero-order valence-electron chi connectivity index (χ0n) is 14.9. The van der Waals surface area contributed by atoms with Crippen molar-refractivity contribution in [3.05, 3.63) is 24.3 Å². The van der Waals surface area contributed by atoms with E-state index in [1.807, 2.05) is 0 Å². The molecular weight excluding hydrogens is 362 g/mol. The average molecular weight is 392 g/mol. The van der Waals surface area contributed by atoms with Gasteiger partial charge >= 0.3 is 0 Å². The maximum Gasteiger partial charge on any atom is 0.240 e. The minimum Gasteiger partial charge on any atom is -0.302 e. The Morgan fingerprint density at radius 1 is 0.880 bits per heavy atom. The molecule has 0 unspecified atom stereocenters. The highest BCUT2D eigenvalue weighted by molar-refractivity contribution is 7.89. The topological polar surface area (TPSA) is 110 Å². The number of nitrogens with one attached hydrogen (secondary N) is 1. The minimum absolute atomic E-state index is 0.0218. The SMILES string of the molecule is CCCCN(CCCC)CCNS(=O)(=O)c1ccc(S(N)(=O)=O)cc1. The van der Waals surface area contributed by atoms with Gasteiger partial charge in [-0.2, -0.15) is 0 Å². The summed E-state index contributed by atoms with van der Waals surface area (Å²) >= 11 is 0. The Kier molecular flexibility index (Phi) is 9.01. The summed E-state index contributed by atoms with van der Waals surface area (Å²) < 4.78 is 49.6. The molecule has 0 bridgehead atoms. The summed E-state index contributed by atoms with van der Waals surface area (Å²) in [5, 5.41) is 5.01. The van der Waals surface area contributed by atoms with Crippen molar-refractivity contribution >= 4 is 20.0 Å². The van der Waals surface area contributed by atoms with E-state index in [4.69, 9.17) is 5.14 Å². The molecule has 0 radical (unpaired) electrons. The van der Waals surface area contributed by atoms with Crippen molar-refractivity contribution in [3.8, 4) is 0 Å². The normalized spacial score (nSPS) is 12.6. The van der Waals surface area contributed by atoms with E-state index in [-0.39, 0.29) is 9.79 Å². The molecule has 7 nitrogen and oxygen atoms in total. The van der Waals surface area contributed by atoms with Crippen LogP contribution in [0.25, 0.3) is 0 Å². The lowest BCUT2D eigenvalue weighted by atomic mass is 10.2. The van der Waals surface area contributed by atoms with Gasteiger partial charge in [0.1, 0.15) is 0 Å². The van der Waals surface area contributed by atoms with Gasteiger partial charge in [0.2, 0.25) is 20.0 Å². The first-order valence-electron chi connectivity index (χ1n) is 8.55. The lowest BCUT2D eigenvalue weighted by Crippen LogP contribution is -2.36. The van der Waals surface area contributed by atoms with E-state index in [0.717, 1.165) is 38.8 Å². The first kappa shape index (κ1) is 22.0. The van der Waals surface area contributed by atoms with Crippen LogP contribution >= 0.6 is 0 Å². The number of hydrogen-bond donors (Lipinski definition) is 2. The minimum atomic E-state index is -3.83. The van der Waals surface area contributed by atoms with Crippen molar-refractivity contribution < 1.29 is 16.8 Å². The predicted octanol–water partition coefficient (Wildman–Crippen LogP) is 1.51. The van der Waals surface area contributed by atoms with Crippen LogP contribution in [0.5, 0.6) is 0 Å². The Morgan fingerprint density at radius 2 is 1.36 bits per heavy atom. The molecule has 0 spiro atoms. The van der Waals surface area contributed by atoms with Gasteiger partial charge in [0.05, 0.1) is 9.79 Å². The van der Waals surface area contributed by atoms with Gasteiger partial charge in [-0.1, -0.05) is 26.7 Å². The van der Waals surface area contributed by atoms with Crippen molar-refractivity contribution in [2.45, 2.75) is 49.3 Å². The van der Waals surface area contributed by atoms with Crippen LogP contribution in [-0.2, 0) is 20.0 Å². The van der Waals surface area contributed by atoms with Crippen molar-refractivity contribution in [2.75, 3.05) is 26.2 Å². The Morgan fingerprint density at radius 3 is 1.80 bits per heavy atom. The molecule has 0 heterocycles. The summed E-state index contributed by atoms with van der Waals surface area (Å²) in [6.45, 7) is 7.14. The third-order valence-corrected chi connectivity index (χ3v) is 6.24. The molecule has 25 heavy (non-hydrogen) atoms. The number of benzene rings is 1. The summed E-state index contributed by atoms with van der Waals surface area (Å²) in [5.41, 5.74) is 0. The molecule has 1 aromatic rings. The third kappa shape index (κ3) is 7.83. The van der Waals surface area contributed by atoms with Gasteiger partial charge in [-0.05, 0) is 50.2 Å². The molecule has 0 aliphatic carbocycles. The Bertz CT molecular complexity index is 708. The molecule has 0 atom stereocenters. The van der Waals surface area contributed by atoms with Gasteiger partial charge in [-0.25, -0.2) is 26.7 Å². The van der Waals surface area contributed by atoms with Crippen LogP contribution in [0, 0.1) is 0 Å². The molecule has 3 N–H and O–H groups in total. The van der Waals surface area contributed by atoms with Crippen molar-refractivity contribution in [2.24, 2.45) is 5.14 Å². The predicted molar refractivity (Wildman–Crippen MR) is 99.3 cm³/mol. The van der Waals surface area contributed by atoms with E-state index in [9.17, 15) is 16.8 Å². The maximum atomic E-state index is 12.3.